The largest absolute Gasteiger partial charge is 0.497 e. The fraction of sp³-hybridized carbons (Fsp3) is 0.278. The fourth-order valence-electron chi connectivity index (χ4n) is 1.93. The van der Waals surface area contributed by atoms with Crippen molar-refractivity contribution in [2.24, 2.45) is 0 Å². The lowest BCUT2D eigenvalue weighted by Crippen LogP contribution is -2.34. The van der Waals surface area contributed by atoms with Gasteiger partial charge in [0, 0.05) is 12.7 Å². The van der Waals surface area contributed by atoms with Gasteiger partial charge in [-0.1, -0.05) is 17.7 Å². The molecule has 1 N–H and O–H groups in total. The van der Waals surface area contributed by atoms with E-state index in [2.05, 4.69) is 24.4 Å². The van der Waals surface area contributed by atoms with Gasteiger partial charge in [0.2, 0.25) is 0 Å². The Balaban J connectivity index is 1.75. The van der Waals surface area contributed by atoms with E-state index < -0.39 is 0 Å². The molecule has 0 aliphatic carbocycles. The number of hydrogen-bond acceptors (Lipinski definition) is 3. The molecular weight excluding hydrogens is 308 g/mol. The van der Waals surface area contributed by atoms with Crippen LogP contribution in [0.5, 0.6) is 11.5 Å². The standard InChI is InChI=1S/C18H22N2O2S/c1-14-4-6-15(7-5-14)19-18(23)20(2)12-13-22-17-10-8-16(21-3)9-11-17/h4-11H,12-13H2,1-3H3,(H,19,23). The van der Waals surface area contributed by atoms with E-state index in [-0.39, 0.29) is 0 Å². The van der Waals surface area contributed by atoms with Crippen LogP contribution in [0.3, 0.4) is 0 Å². The first kappa shape index (κ1) is 17.1. The third kappa shape index (κ3) is 5.45. The third-order valence-electron chi connectivity index (χ3n) is 3.40. The van der Waals surface area contributed by atoms with E-state index in [4.69, 9.17) is 21.7 Å². The Bertz CT molecular complexity index is 626. The van der Waals surface area contributed by atoms with Gasteiger partial charge in [0.1, 0.15) is 18.1 Å². The predicted octanol–water partition coefficient (Wildman–Crippen LogP) is 3.71. The minimum atomic E-state index is 0.554. The first-order valence-corrected chi connectivity index (χ1v) is 7.85. The molecule has 0 fully saturated rings. The summed E-state index contributed by atoms with van der Waals surface area (Å²) in [6.07, 6.45) is 0. The summed E-state index contributed by atoms with van der Waals surface area (Å²) in [5.41, 5.74) is 2.21. The van der Waals surface area contributed by atoms with Gasteiger partial charge < -0.3 is 19.7 Å². The summed E-state index contributed by atoms with van der Waals surface area (Å²) in [7, 11) is 3.59. The summed E-state index contributed by atoms with van der Waals surface area (Å²) >= 11 is 5.40. The number of hydrogen-bond donors (Lipinski definition) is 1. The number of thiocarbonyl (C=S) groups is 1. The molecule has 2 aromatic rings. The van der Waals surface area contributed by atoms with Gasteiger partial charge in [-0.2, -0.15) is 0 Å². The summed E-state index contributed by atoms with van der Waals surface area (Å²) in [5.74, 6) is 1.63. The topological polar surface area (TPSA) is 33.7 Å². The Labute approximate surface area is 143 Å². The molecule has 0 atom stereocenters. The molecule has 0 bridgehead atoms. The van der Waals surface area contributed by atoms with E-state index in [0.29, 0.717) is 18.3 Å². The van der Waals surface area contributed by atoms with Gasteiger partial charge in [0.05, 0.1) is 13.7 Å². The Morgan fingerprint density at radius 1 is 1.04 bits per heavy atom. The highest BCUT2D eigenvalue weighted by atomic mass is 32.1. The molecule has 0 radical (unpaired) electrons. The predicted molar refractivity (Wildman–Crippen MR) is 98.5 cm³/mol. The molecule has 0 amide bonds. The minimum Gasteiger partial charge on any atom is -0.497 e. The molecule has 23 heavy (non-hydrogen) atoms. The number of rotatable bonds is 6. The Morgan fingerprint density at radius 3 is 2.26 bits per heavy atom. The van der Waals surface area contributed by atoms with Crippen LogP contribution >= 0.6 is 12.2 Å². The van der Waals surface area contributed by atoms with E-state index >= 15 is 0 Å². The van der Waals surface area contributed by atoms with Crippen LogP contribution in [0.15, 0.2) is 48.5 Å². The van der Waals surface area contributed by atoms with Crippen LogP contribution in [0.25, 0.3) is 0 Å². The van der Waals surface area contributed by atoms with Crippen molar-refractivity contribution in [1.82, 2.24) is 4.90 Å². The average Bonchev–Trinajstić information content (AvgIpc) is 2.57. The highest BCUT2D eigenvalue weighted by Gasteiger charge is 2.05. The Morgan fingerprint density at radius 2 is 1.65 bits per heavy atom. The average molecular weight is 330 g/mol. The van der Waals surface area contributed by atoms with Crippen LogP contribution in [0.1, 0.15) is 5.56 Å². The smallest absolute Gasteiger partial charge is 0.173 e. The van der Waals surface area contributed by atoms with Gasteiger partial charge in [0.25, 0.3) is 0 Å². The molecule has 0 saturated heterocycles. The number of ether oxygens (including phenoxy) is 2. The van der Waals surface area contributed by atoms with Crippen molar-refractivity contribution < 1.29 is 9.47 Å². The molecular formula is C18H22N2O2S. The monoisotopic (exact) mass is 330 g/mol. The SMILES string of the molecule is COc1ccc(OCCN(C)C(=S)Nc2ccc(C)cc2)cc1. The maximum Gasteiger partial charge on any atom is 0.173 e. The summed E-state index contributed by atoms with van der Waals surface area (Å²) in [6.45, 7) is 3.31. The fourth-order valence-corrected chi connectivity index (χ4v) is 2.14. The van der Waals surface area contributed by atoms with Gasteiger partial charge in [-0.05, 0) is 55.5 Å². The van der Waals surface area contributed by atoms with Crippen LogP contribution in [0, 0.1) is 6.92 Å². The molecule has 0 heterocycles. The quantitative estimate of drug-likeness (QED) is 0.817. The van der Waals surface area contributed by atoms with Crippen LogP contribution in [-0.4, -0.2) is 37.3 Å². The molecule has 5 heteroatoms. The zero-order valence-electron chi connectivity index (χ0n) is 13.7. The van der Waals surface area contributed by atoms with Crippen molar-refractivity contribution >= 4 is 23.0 Å². The van der Waals surface area contributed by atoms with Crippen molar-refractivity contribution in [1.29, 1.82) is 0 Å². The lowest BCUT2D eigenvalue weighted by atomic mass is 10.2. The van der Waals surface area contributed by atoms with E-state index in [1.165, 1.54) is 5.56 Å². The van der Waals surface area contributed by atoms with Crippen LogP contribution in [-0.2, 0) is 0 Å². The van der Waals surface area contributed by atoms with Crippen molar-refractivity contribution in [3.63, 3.8) is 0 Å². The Kier molecular flexibility index (Phi) is 6.23. The molecule has 0 spiro atoms. The van der Waals surface area contributed by atoms with Gasteiger partial charge in [0.15, 0.2) is 5.11 Å². The van der Waals surface area contributed by atoms with Crippen molar-refractivity contribution in [3.8, 4) is 11.5 Å². The van der Waals surface area contributed by atoms with E-state index in [9.17, 15) is 0 Å². The maximum atomic E-state index is 5.71. The molecule has 122 valence electrons. The van der Waals surface area contributed by atoms with Gasteiger partial charge >= 0.3 is 0 Å². The van der Waals surface area contributed by atoms with E-state index in [1.54, 1.807) is 7.11 Å². The number of nitrogens with one attached hydrogen (secondary N) is 1. The lowest BCUT2D eigenvalue weighted by Gasteiger charge is -2.21. The minimum absolute atomic E-state index is 0.554. The molecule has 0 saturated carbocycles. The number of nitrogens with zero attached hydrogens (tertiary/aromatic N) is 1. The number of likely N-dealkylation sites (N-methyl/N-ethyl adjacent to an activating group) is 1. The summed E-state index contributed by atoms with van der Waals surface area (Å²) in [5, 5.41) is 3.89. The van der Waals surface area contributed by atoms with Crippen LogP contribution in [0.4, 0.5) is 5.69 Å². The van der Waals surface area contributed by atoms with Crippen molar-refractivity contribution in [2.75, 3.05) is 32.6 Å². The second-order valence-electron chi connectivity index (χ2n) is 5.24. The molecule has 2 rings (SSSR count). The number of methoxy groups -OCH3 is 1. The first-order valence-electron chi connectivity index (χ1n) is 7.44. The number of anilines is 1. The van der Waals surface area contributed by atoms with Gasteiger partial charge in [-0.15, -0.1) is 0 Å². The maximum absolute atomic E-state index is 5.71. The summed E-state index contributed by atoms with van der Waals surface area (Å²) in [6, 6.07) is 15.7. The summed E-state index contributed by atoms with van der Waals surface area (Å²) in [4.78, 5) is 1.96. The second-order valence-corrected chi connectivity index (χ2v) is 5.63. The zero-order chi connectivity index (χ0) is 16.7. The van der Waals surface area contributed by atoms with Gasteiger partial charge in [-0.25, -0.2) is 0 Å². The number of benzene rings is 2. The first-order chi connectivity index (χ1) is 11.1. The highest BCUT2D eigenvalue weighted by Crippen LogP contribution is 2.17. The Hall–Kier alpha value is -2.27. The zero-order valence-corrected chi connectivity index (χ0v) is 14.5. The van der Waals surface area contributed by atoms with Crippen molar-refractivity contribution in [3.05, 3.63) is 54.1 Å². The summed E-state index contributed by atoms with van der Waals surface area (Å²) < 4.78 is 10.8. The second kappa shape index (κ2) is 8.39. The molecule has 0 aliphatic rings. The van der Waals surface area contributed by atoms with E-state index in [0.717, 1.165) is 17.2 Å². The number of aryl methyl sites for hydroxylation is 1. The highest BCUT2D eigenvalue weighted by molar-refractivity contribution is 7.80. The molecule has 0 aliphatic heterocycles. The lowest BCUT2D eigenvalue weighted by molar-refractivity contribution is 0.285. The van der Waals surface area contributed by atoms with E-state index in [1.807, 2.05) is 48.3 Å². The molecule has 2 aromatic carbocycles. The molecule has 0 unspecified atom stereocenters. The third-order valence-corrected chi connectivity index (χ3v) is 3.82. The molecule has 0 aromatic heterocycles. The normalized spacial score (nSPS) is 10.0. The van der Waals surface area contributed by atoms with Crippen molar-refractivity contribution in [2.45, 2.75) is 6.92 Å². The molecule has 4 nitrogen and oxygen atoms in total. The van der Waals surface area contributed by atoms with Crippen LogP contribution in [0.2, 0.25) is 0 Å². The van der Waals surface area contributed by atoms with Crippen LogP contribution < -0.4 is 14.8 Å². The van der Waals surface area contributed by atoms with Gasteiger partial charge in [-0.3, -0.25) is 0 Å².